The highest BCUT2D eigenvalue weighted by Gasteiger charge is 2.49. The van der Waals surface area contributed by atoms with Crippen LogP contribution in [0.15, 0.2) is 42.5 Å². The average Bonchev–Trinajstić information content (AvgIpc) is 3.09. The fourth-order valence-corrected chi connectivity index (χ4v) is 4.22. The van der Waals surface area contributed by atoms with Crippen molar-refractivity contribution in [2.45, 2.75) is 26.6 Å². The van der Waals surface area contributed by atoms with E-state index in [2.05, 4.69) is 0 Å². The van der Waals surface area contributed by atoms with Crippen LogP contribution in [0.5, 0.6) is 11.5 Å². The molecule has 28 heavy (non-hydrogen) atoms. The second-order valence-corrected chi connectivity index (χ2v) is 8.43. The van der Waals surface area contributed by atoms with E-state index in [0.29, 0.717) is 0 Å². The van der Waals surface area contributed by atoms with Gasteiger partial charge in [-0.15, -0.1) is 0 Å². The fraction of sp³-hybridized carbons (Fsp3) is 0.182. The van der Waals surface area contributed by atoms with Gasteiger partial charge in [0, 0.05) is 11.1 Å². The van der Waals surface area contributed by atoms with Crippen molar-refractivity contribution in [3.8, 4) is 11.5 Å². The van der Waals surface area contributed by atoms with Gasteiger partial charge in [-0.05, 0) is 32.4 Å². The quantitative estimate of drug-likeness (QED) is 0.290. The Hall–Kier alpha value is -1.58. The molecule has 0 saturated carbocycles. The lowest BCUT2D eigenvalue weighted by Gasteiger charge is -2.30. The van der Waals surface area contributed by atoms with Crippen LogP contribution in [0.1, 0.15) is 27.8 Å². The first-order valence-electron chi connectivity index (χ1n) is 8.63. The summed E-state index contributed by atoms with van der Waals surface area (Å²) < 4.78 is 12.8. The molecule has 3 aromatic carbocycles. The van der Waals surface area contributed by atoms with Gasteiger partial charge in [-0.25, -0.2) is 0 Å². The zero-order chi connectivity index (χ0) is 20.2. The van der Waals surface area contributed by atoms with E-state index in [1.807, 2.05) is 63.2 Å². The Morgan fingerprint density at radius 3 is 1.68 bits per heavy atom. The van der Waals surface area contributed by atoms with Gasteiger partial charge >= 0.3 is 5.79 Å². The number of benzene rings is 3. The van der Waals surface area contributed by atoms with Gasteiger partial charge in [-0.3, -0.25) is 0 Å². The minimum atomic E-state index is -1.26. The third-order valence-electron chi connectivity index (χ3n) is 4.85. The van der Waals surface area contributed by atoms with Crippen molar-refractivity contribution in [3.63, 3.8) is 0 Å². The average molecular weight is 454 g/mol. The standard InChI is InChI=1S/C22H16Cl4O2/c1-11-5-8-14(9-6-11)22(15-10-12(2)4-7-13(15)3)27-20-18(25)16(23)17(24)19(26)21(20)28-22/h4-10H,1-3H3. The summed E-state index contributed by atoms with van der Waals surface area (Å²) in [7, 11) is 0. The Kier molecular flexibility index (Phi) is 4.96. The molecule has 144 valence electrons. The van der Waals surface area contributed by atoms with Gasteiger partial charge in [0.15, 0.2) is 11.5 Å². The van der Waals surface area contributed by atoms with Crippen molar-refractivity contribution in [2.24, 2.45) is 0 Å². The minimum absolute atomic E-state index is 0.136. The Morgan fingerprint density at radius 2 is 1.14 bits per heavy atom. The molecule has 0 N–H and O–H groups in total. The number of ether oxygens (including phenoxy) is 2. The van der Waals surface area contributed by atoms with E-state index in [-0.39, 0.29) is 31.6 Å². The van der Waals surface area contributed by atoms with Crippen molar-refractivity contribution in [1.82, 2.24) is 0 Å². The molecule has 0 saturated heterocycles. The van der Waals surface area contributed by atoms with Crippen molar-refractivity contribution >= 4 is 46.4 Å². The summed E-state index contributed by atoms with van der Waals surface area (Å²) in [5.74, 6) is -0.696. The van der Waals surface area contributed by atoms with E-state index in [4.69, 9.17) is 55.9 Å². The van der Waals surface area contributed by atoms with Crippen LogP contribution < -0.4 is 9.47 Å². The summed E-state index contributed by atoms with van der Waals surface area (Å²) in [4.78, 5) is 0. The maximum absolute atomic E-state index is 6.43. The predicted octanol–water partition coefficient (Wildman–Crippen LogP) is 7.90. The summed E-state index contributed by atoms with van der Waals surface area (Å²) in [5.41, 5.74) is 4.86. The van der Waals surface area contributed by atoms with Crippen LogP contribution in [0.25, 0.3) is 0 Å². The third kappa shape index (κ3) is 2.95. The van der Waals surface area contributed by atoms with Crippen LogP contribution in [0.3, 0.4) is 0 Å². The molecule has 1 aliphatic heterocycles. The van der Waals surface area contributed by atoms with Crippen molar-refractivity contribution < 1.29 is 9.47 Å². The maximum Gasteiger partial charge on any atom is 0.306 e. The van der Waals surface area contributed by atoms with Gasteiger partial charge in [0.25, 0.3) is 0 Å². The van der Waals surface area contributed by atoms with Crippen LogP contribution in [-0.4, -0.2) is 0 Å². The highest BCUT2D eigenvalue weighted by Crippen LogP contribution is 2.58. The highest BCUT2D eigenvalue weighted by atomic mass is 35.5. The molecule has 0 atom stereocenters. The minimum Gasteiger partial charge on any atom is -0.439 e. The van der Waals surface area contributed by atoms with Crippen LogP contribution in [0, 0.1) is 20.8 Å². The lowest BCUT2D eigenvalue weighted by atomic mass is 9.92. The summed E-state index contributed by atoms with van der Waals surface area (Å²) in [6.07, 6.45) is 0. The molecule has 1 heterocycles. The Bertz CT molecular complexity index is 1050. The molecule has 0 fully saturated rings. The first kappa shape index (κ1) is 19.7. The second kappa shape index (κ2) is 7.03. The predicted molar refractivity (Wildman–Crippen MR) is 116 cm³/mol. The molecular formula is C22H16Cl4O2. The van der Waals surface area contributed by atoms with Crippen molar-refractivity contribution in [2.75, 3.05) is 0 Å². The molecule has 0 aromatic heterocycles. The number of aryl methyl sites for hydroxylation is 3. The van der Waals surface area contributed by atoms with E-state index >= 15 is 0 Å². The molecule has 0 bridgehead atoms. The summed E-state index contributed by atoms with van der Waals surface area (Å²) in [5, 5.41) is 0.614. The Balaban J connectivity index is 2.01. The van der Waals surface area contributed by atoms with Gasteiger partial charge < -0.3 is 9.47 Å². The Labute approximate surface area is 183 Å². The van der Waals surface area contributed by atoms with Crippen molar-refractivity contribution in [3.05, 3.63) is 90.4 Å². The van der Waals surface area contributed by atoms with Gasteiger partial charge in [-0.1, -0.05) is 93.9 Å². The monoisotopic (exact) mass is 452 g/mol. The van der Waals surface area contributed by atoms with E-state index in [1.165, 1.54) is 0 Å². The van der Waals surface area contributed by atoms with E-state index in [1.54, 1.807) is 0 Å². The molecule has 0 amide bonds. The molecule has 0 aliphatic carbocycles. The molecule has 0 unspecified atom stereocenters. The van der Waals surface area contributed by atoms with Gasteiger partial charge in [0.2, 0.25) is 0 Å². The molecule has 1 aliphatic rings. The largest absolute Gasteiger partial charge is 0.439 e. The maximum atomic E-state index is 6.43. The van der Waals surface area contributed by atoms with Gasteiger partial charge in [-0.2, -0.15) is 0 Å². The number of hydrogen-bond acceptors (Lipinski definition) is 2. The van der Waals surface area contributed by atoms with E-state index < -0.39 is 5.79 Å². The fourth-order valence-electron chi connectivity index (χ4n) is 3.33. The van der Waals surface area contributed by atoms with Crippen LogP contribution in [-0.2, 0) is 5.79 Å². The smallest absolute Gasteiger partial charge is 0.306 e. The molecule has 0 radical (unpaired) electrons. The number of fused-ring (bicyclic) bond motifs is 1. The number of rotatable bonds is 2. The molecule has 6 heteroatoms. The summed E-state index contributed by atoms with van der Waals surface area (Å²) in [6, 6.07) is 14.0. The zero-order valence-corrected chi connectivity index (χ0v) is 18.4. The normalized spacial score (nSPS) is 14.4. The molecule has 0 spiro atoms. The number of hydrogen-bond donors (Lipinski definition) is 0. The molecule has 4 rings (SSSR count). The number of halogens is 4. The SMILES string of the molecule is Cc1ccc(C2(c3cc(C)ccc3C)Oc3c(Cl)c(Cl)c(Cl)c(Cl)c3O2)cc1. The van der Waals surface area contributed by atoms with Crippen LogP contribution in [0.2, 0.25) is 20.1 Å². The van der Waals surface area contributed by atoms with Gasteiger partial charge in [0.1, 0.15) is 10.0 Å². The van der Waals surface area contributed by atoms with Crippen molar-refractivity contribution in [1.29, 1.82) is 0 Å². The zero-order valence-electron chi connectivity index (χ0n) is 15.4. The first-order valence-corrected chi connectivity index (χ1v) is 10.1. The molecular weight excluding hydrogens is 438 g/mol. The Morgan fingerprint density at radius 1 is 0.643 bits per heavy atom. The first-order chi connectivity index (χ1) is 13.2. The molecule has 3 aromatic rings. The highest BCUT2D eigenvalue weighted by molar-refractivity contribution is 6.53. The lowest BCUT2D eigenvalue weighted by Crippen LogP contribution is -2.37. The summed E-state index contributed by atoms with van der Waals surface area (Å²) in [6.45, 7) is 6.04. The topological polar surface area (TPSA) is 18.5 Å². The lowest BCUT2D eigenvalue weighted by molar-refractivity contribution is -0.0463. The second-order valence-electron chi connectivity index (χ2n) is 6.92. The van der Waals surface area contributed by atoms with Crippen LogP contribution >= 0.6 is 46.4 Å². The van der Waals surface area contributed by atoms with E-state index in [9.17, 15) is 0 Å². The van der Waals surface area contributed by atoms with E-state index in [0.717, 1.165) is 27.8 Å². The molecule has 2 nitrogen and oxygen atoms in total. The summed E-state index contributed by atoms with van der Waals surface area (Å²) >= 11 is 25.4. The third-order valence-corrected chi connectivity index (χ3v) is 6.62. The van der Waals surface area contributed by atoms with Crippen LogP contribution in [0.4, 0.5) is 0 Å². The van der Waals surface area contributed by atoms with Gasteiger partial charge in [0.05, 0.1) is 10.0 Å².